The number of amides is 1. The molecule has 0 radical (unpaired) electrons. The van der Waals surface area contributed by atoms with Gasteiger partial charge in [-0.2, -0.15) is 0 Å². The summed E-state index contributed by atoms with van der Waals surface area (Å²) in [6.07, 6.45) is 6.34. The minimum Gasteiger partial charge on any atom is -0.493 e. The topological polar surface area (TPSA) is 58.6 Å². The van der Waals surface area contributed by atoms with Crippen molar-refractivity contribution in [1.82, 2.24) is 5.32 Å². The maximum Gasteiger partial charge on any atom is 0.223 e. The zero-order chi connectivity index (χ0) is 15.0. The molecule has 0 bridgehead atoms. The number of hydrogen-bond donors (Lipinski definition) is 2. The minimum absolute atomic E-state index is 0.0661. The molecule has 2 rings (SSSR count). The van der Waals surface area contributed by atoms with Crippen LogP contribution < -0.4 is 10.1 Å². The first-order valence-electron chi connectivity index (χ1n) is 7.85. The van der Waals surface area contributed by atoms with Crippen molar-refractivity contribution in [1.29, 1.82) is 0 Å². The molecule has 4 heteroatoms. The number of rotatable bonds is 6. The van der Waals surface area contributed by atoms with Crippen LogP contribution in [0.1, 0.15) is 44.9 Å². The lowest BCUT2D eigenvalue weighted by atomic mass is 9.94. The highest BCUT2D eigenvalue weighted by molar-refractivity contribution is 5.76. The van der Waals surface area contributed by atoms with Gasteiger partial charge in [0.2, 0.25) is 5.91 Å². The zero-order valence-electron chi connectivity index (χ0n) is 12.5. The van der Waals surface area contributed by atoms with E-state index < -0.39 is 5.60 Å². The van der Waals surface area contributed by atoms with Gasteiger partial charge in [-0.3, -0.25) is 4.79 Å². The average Bonchev–Trinajstić information content (AvgIpc) is 2.72. The lowest BCUT2D eigenvalue weighted by Crippen LogP contribution is -2.42. The van der Waals surface area contributed by atoms with E-state index in [2.05, 4.69) is 5.32 Å². The average molecular weight is 291 g/mol. The Morgan fingerprint density at radius 3 is 2.48 bits per heavy atom. The third-order valence-corrected chi connectivity index (χ3v) is 3.99. The van der Waals surface area contributed by atoms with Crippen molar-refractivity contribution in [2.45, 2.75) is 50.5 Å². The first-order valence-corrected chi connectivity index (χ1v) is 7.85. The number of aliphatic hydroxyl groups is 1. The molecule has 1 saturated carbocycles. The number of benzene rings is 1. The van der Waals surface area contributed by atoms with E-state index in [4.69, 9.17) is 4.74 Å². The Kier molecular flexibility index (Phi) is 6.05. The SMILES string of the molecule is O=C(CCOc1ccccc1)NCC1(O)CCCCCC1. The van der Waals surface area contributed by atoms with Crippen LogP contribution >= 0.6 is 0 Å². The van der Waals surface area contributed by atoms with Crippen molar-refractivity contribution in [3.63, 3.8) is 0 Å². The Labute approximate surface area is 126 Å². The van der Waals surface area contributed by atoms with E-state index in [9.17, 15) is 9.90 Å². The molecule has 2 N–H and O–H groups in total. The lowest BCUT2D eigenvalue weighted by molar-refractivity contribution is -0.123. The van der Waals surface area contributed by atoms with E-state index >= 15 is 0 Å². The largest absolute Gasteiger partial charge is 0.493 e. The van der Waals surface area contributed by atoms with Gasteiger partial charge in [0.05, 0.1) is 18.6 Å². The number of ether oxygens (including phenoxy) is 1. The molecular formula is C17H25NO3. The summed E-state index contributed by atoms with van der Waals surface area (Å²) < 4.78 is 5.49. The highest BCUT2D eigenvalue weighted by atomic mass is 16.5. The van der Waals surface area contributed by atoms with Crippen LogP contribution in [0.3, 0.4) is 0 Å². The van der Waals surface area contributed by atoms with Crippen LogP contribution in [0, 0.1) is 0 Å². The molecule has 0 unspecified atom stereocenters. The molecule has 1 amide bonds. The van der Waals surface area contributed by atoms with Crippen molar-refractivity contribution in [2.24, 2.45) is 0 Å². The predicted octanol–water partition coefficient (Wildman–Crippen LogP) is 2.66. The van der Waals surface area contributed by atoms with Gasteiger partial charge >= 0.3 is 0 Å². The van der Waals surface area contributed by atoms with Crippen molar-refractivity contribution in [3.8, 4) is 5.75 Å². The first kappa shape index (κ1) is 15.8. The summed E-state index contributed by atoms with van der Waals surface area (Å²) in [5.41, 5.74) is -0.716. The maximum atomic E-state index is 11.8. The van der Waals surface area contributed by atoms with Crippen molar-refractivity contribution in [2.75, 3.05) is 13.2 Å². The van der Waals surface area contributed by atoms with Gasteiger partial charge in [0.15, 0.2) is 0 Å². The molecule has 1 aliphatic carbocycles. The summed E-state index contributed by atoms with van der Waals surface area (Å²) in [6.45, 7) is 0.714. The highest BCUT2D eigenvalue weighted by Gasteiger charge is 2.28. The van der Waals surface area contributed by atoms with Crippen LogP contribution in [0.2, 0.25) is 0 Å². The first-order chi connectivity index (χ1) is 10.2. The molecule has 1 aromatic carbocycles. The molecule has 4 nitrogen and oxygen atoms in total. The molecule has 0 spiro atoms. The standard InChI is InChI=1S/C17H25NO3/c19-16(10-13-21-15-8-4-3-5-9-15)18-14-17(20)11-6-1-2-7-12-17/h3-5,8-9,20H,1-2,6-7,10-14H2,(H,18,19). The van der Waals surface area contributed by atoms with Gasteiger partial charge in [0.25, 0.3) is 0 Å². The molecule has 1 fully saturated rings. The van der Waals surface area contributed by atoms with Crippen LogP contribution in [-0.4, -0.2) is 29.8 Å². The fourth-order valence-electron chi connectivity index (χ4n) is 2.69. The van der Waals surface area contributed by atoms with Crippen LogP contribution in [0.25, 0.3) is 0 Å². The molecular weight excluding hydrogens is 266 g/mol. The van der Waals surface area contributed by atoms with E-state index in [1.54, 1.807) is 0 Å². The van der Waals surface area contributed by atoms with Gasteiger partial charge in [-0.05, 0) is 25.0 Å². The molecule has 0 aliphatic heterocycles. The molecule has 1 aromatic rings. The number of para-hydroxylation sites is 1. The normalized spacial score (nSPS) is 17.8. The molecule has 1 aliphatic rings. The van der Waals surface area contributed by atoms with Crippen LogP contribution in [0.15, 0.2) is 30.3 Å². The summed E-state index contributed by atoms with van der Waals surface area (Å²) in [6, 6.07) is 9.46. The van der Waals surface area contributed by atoms with Crippen molar-refractivity contribution in [3.05, 3.63) is 30.3 Å². The van der Waals surface area contributed by atoms with Crippen molar-refractivity contribution < 1.29 is 14.6 Å². The van der Waals surface area contributed by atoms with Gasteiger partial charge in [-0.1, -0.05) is 43.9 Å². The van der Waals surface area contributed by atoms with E-state index in [1.165, 1.54) is 12.8 Å². The molecule has 0 heterocycles. The Hall–Kier alpha value is -1.55. The smallest absolute Gasteiger partial charge is 0.223 e. The van der Waals surface area contributed by atoms with Gasteiger partial charge < -0.3 is 15.2 Å². The fraction of sp³-hybridized carbons (Fsp3) is 0.588. The highest BCUT2D eigenvalue weighted by Crippen LogP contribution is 2.26. The van der Waals surface area contributed by atoms with Crippen LogP contribution in [-0.2, 0) is 4.79 Å². The maximum absolute atomic E-state index is 11.8. The van der Waals surface area contributed by atoms with Gasteiger partial charge in [-0.25, -0.2) is 0 Å². The van der Waals surface area contributed by atoms with Crippen LogP contribution in [0.5, 0.6) is 5.75 Å². The second-order valence-electron chi connectivity index (χ2n) is 5.83. The molecule has 0 aromatic heterocycles. The monoisotopic (exact) mass is 291 g/mol. The van der Waals surface area contributed by atoms with Crippen LogP contribution in [0.4, 0.5) is 0 Å². The molecule has 0 saturated heterocycles. The summed E-state index contributed by atoms with van der Waals surface area (Å²) in [7, 11) is 0. The number of carbonyl (C=O) groups is 1. The molecule has 0 atom stereocenters. The second-order valence-corrected chi connectivity index (χ2v) is 5.83. The Morgan fingerprint density at radius 1 is 1.14 bits per heavy atom. The number of nitrogens with one attached hydrogen (secondary N) is 1. The molecule has 21 heavy (non-hydrogen) atoms. The molecule has 116 valence electrons. The quantitative estimate of drug-likeness (QED) is 0.792. The lowest BCUT2D eigenvalue weighted by Gasteiger charge is -2.26. The third-order valence-electron chi connectivity index (χ3n) is 3.99. The Bertz CT molecular complexity index is 425. The Morgan fingerprint density at radius 2 is 1.81 bits per heavy atom. The van der Waals surface area contributed by atoms with Crippen molar-refractivity contribution >= 4 is 5.91 Å². The third kappa shape index (κ3) is 5.76. The summed E-state index contributed by atoms with van der Waals surface area (Å²) in [4.78, 5) is 11.8. The summed E-state index contributed by atoms with van der Waals surface area (Å²) >= 11 is 0. The van der Waals surface area contributed by atoms with Gasteiger partial charge in [0.1, 0.15) is 5.75 Å². The minimum atomic E-state index is -0.716. The van der Waals surface area contributed by atoms with E-state index in [0.717, 1.165) is 31.4 Å². The second kappa shape index (κ2) is 8.03. The van der Waals surface area contributed by atoms with E-state index in [1.807, 2.05) is 30.3 Å². The fourth-order valence-corrected chi connectivity index (χ4v) is 2.69. The van der Waals surface area contributed by atoms with E-state index in [0.29, 0.717) is 19.6 Å². The predicted molar refractivity (Wildman–Crippen MR) is 82.2 cm³/mol. The zero-order valence-corrected chi connectivity index (χ0v) is 12.5. The van der Waals surface area contributed by atoms with Gasteiger partial charge in [-0.15, -0.1) is 0 Å². The Balaban J connectivity index is 1.65. The number of carbonyl (C=O) groups excluding carboxylic acids is 1. The number of hydrogen-bond acceptors (Lipinski definition) is 3. The van der Waals surface area contributed by atoms with E-state index in [-0.39, 0.29) is 5.91 Å². The summed E-state index contributed by atoms with van der Waals surface area (Å²) in [5, 5.41) is 13.3. The summed E-state index contributed by atoms with van der Waals surface area (Å²) in [5.74, 6) is 0.705. The van der Waals surface area contributed by atoms with Gasteiger partial charge in [0, 0.05) is 6.54 Å².